The second-order valence-corrected chi connectivity index (χ2v) is 3.47. The molecule has 0 unspecified atom stereocenters. The minimum atomic E-state index is -0.494. The molecule has 0 bridgehead atoms. The van der Waals surface area contributed by atoms with Crippen LogP contribution in [0.5, 0.6) is 0 Å². The van der Waals surface area contributed by atoms with Crippen LogP contribution in [0.4, 0.5) is 0 Å². The van der Waals surface area contributed by atoms with Crippen LogP contribution in [0.25, 0.3) is 0 Å². The molecule has 0 amide bonds. The zero-order valence-corrected chi connectivity index (χ0v) is 8.68. The van der Waals surface area contributed by atoms with Crippen LogP contribution in [0, 0.1) is 0 Å². The van der Waals surface area contributed by atoms with Gasteiger partial charge in [0.2, 0.25) is 0 Å². The molecule has 0 heterocycles. The summed E-state index contributed by atoms with van der Waals surface area (Å²) in [5.74, 6) is -0.621. The number of ether oxygens (including phenoxy) is 1. The first-order valence-electron chi connectivity index (χ1n) is 3.52. The first-order valence-corrected chi connectivity index (χ1v) is 3.52. The van der Waals surface area contributed by atoms with Gasteiger partial charge in [0.15, 0.2) is 0 Å². The van der Waals surface area contributed by atoms with Gasteiger partial charge >= 0.3 is 23.0 Å². The molecule has 0 saturated heterocycles. The number of carbonyl (C=O) groups is 2. The van der Waals surface area contributed by atoms with Crippen LogP contribution in [0.1, 0.15) is 34.1 Å². The van der Waals surface area contributed by atoms with Gasteiger partial charge in [0.05, 0.1) is 0 Å². The normalized spacial score (nSPS) is 10.0. The molecule has 0 N–H and O–H groups in total. The third-order valence-electron chi connectivity index (χ3n) is 0.813. The summed E-state index contributed by atoms with van der Waals surface area (Å²) in [6.07, 6.45) is -0.128. The maximum Gasteiger partial charge on any atom is 2.00 e. The molecule has 3 nitrogen and oxygen atoms in total. The summed E-state index contributed by atoms with van der Waals surface area (Å²) in [6, 6.07) is 0. The van der Waals surface area contributed by atoms with Gasteiger partial charge in [-0.25, -0.2) is 0 Å². The van der Waals surface area contributed by atoms with E-state index in [-0.39, 0.29) is 29.3 Å². The van der Waals surface area contributed by atoms with E-state index in [1.54, 1.807) is 20.8 Å². The summed E-state index contributed by atoms with van der Waals surface area (Å²) in [4.78, 5) is 21.3. The standard InChI is InChI=1S/C8H14O3.Cu/c1-6(9)5-7(10)11-8(2,3)4;/h5H2,1-4H3;/q;+2. The van der Waals surface area contributed by atoms with E-state index in [1.165, 1.54) is 6.92 Å². The van der Waals surface area contributed by atoms with Crippen LogP contribution >= 0.6 is 0 Å². The second kappa shape index (κ2) is 5.33. The Balaban J connectivity index is 0. The van der Waals surface area contributed by atoms with Crippen molar-refractivity contribution in [2.75, 3.05) is 0 Å². The number of ketones is 1. The molecule has 0 aromatic carbocycles. The SMILES string of the molecule is CC(=O)CC(=O)OC(C)(C)C.[Cu+2]. The van der Waals surface area contributed by atoms with Crippen molar-refractivity contribution in [3.63, 3.8) is 0 Å². The molecular weight excluding hydrogens is 208 g/mol. The molecule has 0 aliphatic carbocycles. The van der Waals surface area contributed by atoms with E-state index in [0.717, 1.165) is 0 Å². The molecule has 0 spiro atoms. The minimum absolute atomic E-state index is 0. The number of Topliss-reactive ketones (excluding diaryl/α,β-unsaturated/α-hetero) is 1. The maximum absolute atomic E-state index is 10.8. The van der Waals surface area contributed by atoms with Crippen molar-refractivity contribution in [3.05, 3.63) is 0 Å². The van der Waals surface area contributed by atoms with E-state index < -0.39 is 11.6 Å². The summed E-state index contributed by atoms with van der Waals surface area (Å²) < 4.78 is 4.89. The van der Waals surface area contributed by atoms with Gasteiger partial charge < -0.3 is 4.74 Å². The van der Waals surface area contributed by atoms with Crippen molar-refractivity contribution in [3.8, 4) is 0 Å². The fourth-order valence-electron chi connectivity index (χ4n) is 0.581. The summed E-state index contributed by atoms with van der Waals surface area (Å²) in [6.45, 7) is 6.67. The van der Waals surface area contributed by atoms with Crippen LogP contribution in [0.15, 0.2) is 0 Å². The Bertz CT molecular complexity index is 170. The molecule has 0 rings (SSSR count). The molecule has 0 aromatic rings. The maximum atomic E-state index is 10.8. The van der Waals surface area contributed by atoms with E-state index in [1.807, 2.05) is 0 Å². The number of hydrogen-bond donors (Lipinski definition) is 0. The largest absolute Gasteiger partial charge is 2.00 e. The average molecular weight is 222 g/mol. The van der Waals surface area contributed by atoms with Crippen molar-refractivity contribution < 1.29 is 31.4 Å². The number of hydrogen-bond acceptors (Lipinski definition) is 3. The van der Waals surface area contributed by atoms with Crippen LogP contribution in [-0.2, 0) is 31.4 Å². The fourth-order valence-corrected chi connectivity index (χ4v) is 0.581. The molecule has 12 heavy (non-hydrogen) atoms. The van der Waals surface area contributed by atoms with Gasteiger partial charge in [0.1, 0.15) is 17.8 Å². The van der Waals surface area contributed by atoms with E-state index in [2.05, 4.69) is 0 Å². The molecular formula is C8H14CuO3+2. The number of esters is 1. The zero-order chi connectivity index (χ0) is 9.07. The quantitative estimate of drug-likeness (QED) is 0.401. The molecule has 0 aromatic heterocycles. The Morgan fingerprint density at radius 3 is 1.92 bits per heavy atom. The molecule has 0 saturated carbocycles. The Hall–Kier alpha value is -0.341. The van der Waals surface area contributed by atoms with Crippen LogP contribution in [-0.4, -0.2) is 17.4 Å². The molecule has 0 fully saturated rings. The Morgan fingerprint density at radius 2 is 1.67 bits per heavy atom. The van der Waals surface area contributed by atoms with Gasteiger partial charge in [-0.2, -0.15) is 0 Å². The van der Waals surface area contributed by atoms with Crippen LogP contribution in [0.2, 0.25) is 0 Å². The van der Waals surface area contributed by atoms with Crippen molar-refractivity contribution >= 4 is 11.8 Å². The first kappa shape index (κ1) is 14.2. The van der Waals surface area contributed by atoms with Crippen LogP contribution < -0.4 is 0 Å². The monoisotopic (exact) mass is 221 g/mol. The molecule has 4 heteroatoms. The van der Waals surface area contributed by atoms with Gasteiger partial charge in [-0.05, 0) is 27.7 Å². The van der Waals surface area contributed by atoms with Crippen molar-refractivity contribution in [2.24, 2.45) is 0 Å². The molecule has 1 radical (unpaired) electrons. The average Bonchev–Trinajstić information content (AvgIpc) is 1.53. The summed E-state index contributed by atoms with van der Waals surface area (Å²) in [5, 5.41) is 0. The predicted octanol–water partition coefficient (Wildman–Crippen LogP) is 1.30. The summed E-state index contributed by atoms with van der Waals surface area (Å²) in [7, 11) is 0. The molecule has 0 aliphatic rings. The molecule has 0 atom stereocenters. The van der Waals surface area contributed by atoms with E-state index in [4.69, 9.17) is 4.74 Å². The molecule has 0 aliphatic heterocycles. The van der Waals surface area contributed by atoms with Gasteiger partial charge in [-0.1, -0.05) is 0 Å². The van der Waals surface area contributed by atoms with Crippen molar-refractivity contribution in [2.45, 2.75) is 39.7 Å². The van der Waals surface area contributed by atoms with Gasteiger partial charge in [-0.15, -0.1) is 0 Å². The zero-order valence-electron chi connectivity index (χ0n) is 7.73. The smallest absolute Gasteiger partial charge is 0.460 e. The Labute approximate surface area is 83.3 Å². The predicted molar refractivity (Wildman–Crippen MR) is 41.1 cm³/mol. The third-order valence-corrected chi connectivity index (χ3v) is 0.813. The van der Waals surface area contributed by atoms with Crippen molar-refractivity contribution in [1.82, 2.24) is 0 Å². The molecule has 73 valence electrons. The van der Waals surface area contributed by atoms with Crippen molar-refractivity contribution in [1.29, 1.82) is 0 Å². The first-order chi connectivity index (χ1) is 4.81. The topological polar surface area (TPSA) is 43.4 Å². The number of rotatable bonds is 2. The number of carbonyl (C=O) groups excluding carboxylic acids is 2. The minimum Gasteiger partial charge on any atom is -0.460 e. The van der Waals surface area contributed by atoms with E-state index in [0.29, 0.717) is 0 Å². The Morgan fingerprint density at radius 1 is 1.25 bits per heavy atom. The fraction of sp³-hybridized carbons (Fsp3) is 0.750. The summed E-state index contributed by atoms with van der Waals surface area (Å²) >= 11 is 0. The van der Waals surface area contributed by atoms with Crippen LogP contribution in [0.3, 0.4) is 0 Å². The van der Waals surface area contributed by atoms with E-state index >= 15 is 0 Å². The van der Waals surface area contributed by atoms with Gasteiger partial charge in [0.25, 0.3) is 0 Å². The Kier molecular flexibility index (Phi) is 6.31. The van der Waals surface area contributed by atoms with E-state index in [9.17, 15) is 9.59 Å². The summed E-state index contributed by atoms with van der Waals surface area (Å²) in [5.41, 5.74) is -0.494. The van der Waals surface area contributed by atoms with Gasteiger partial charge in [0, 0.05) is 0 Å². The third kappa shape index (κ3) is 9.66. The van der Waals surface area contributed by atoms with Gasteiger partial charge in [-0.3, -0.25) is 9.59 Å². The second-order valence-electron chi connectivity index (χ2n) is 3.47.